The predicted molar refractivity (Wildman–Crippen MR) is 79.8 cm³/mol. The van der Waals surface area contributed by atoms with E-state index in [2.05, 4.69) is 51.8 Å². The Morgan fingerprint density at radius 3 is 2.22 bits per heavy atom. The molecule has 0 fully saturated rings. The molecule has 0 aromatic heterocycles. The summed E-state index contributed by atoms with van der Waals surface area (Å²) in [6.07, 6.45) is 1.11. The number of aryl methyl sites for hydroxylation is 3. The molecule has 0 saturated carbocycles. The summed E-state index contributed by atoms with van der Waals surface area (Å²) in [5, 5.41) is 0. The zero-order chi connectivity index (χ0) is 13.7. The molecule has 102 valence electrons. The summed E-state index contributed by atoms with van der Waals surface area (Å²) in [5.74, 6) is 0.672. The molecule has 1 aromatic carbocycles. The van der Waals surface area contributed by atoms with Crippen LogP contribution in [-0.4, -0.2) is 25.0 Å². The topological polar surface area (TPSA) is 29.3 Å². The van der Waals surface area contributed by atoms with Crippen molar-refractivity contribution in [2.24, 2.45) is 11.7 Å². The Bertz CT molecular complexity index is 362. The van der Waals surface area contributed by atoms with E-state index < -0.39 is 0 Å². The highest BCUT2D eigenvalue weighted by Gasteiger charge is 2.10. The first-order valence-corrected chi connectivity index (χ1v) is 6.89. The Hall–Kier alpha value is -0.860. The van der Waals surface area contributed by atoms with E-state index in [9.17, 15) is 0 Å². The third kappa shape index (κ3) is 4.43. The quantitative estimate of drug-likeness (QED) is 0.838. The van der Waals surface area contributed by atoms with Crippen molar-refractivity contribution in [2.75, 3.05) is 20.1 Å². The monoisotopic (exact) mass is 248 g/mol. The highest BCUT2D eigenvalue weighted by atomic mass is 15.1. The lowest BCUT2D eigenvalue weighted by molar-refractivity contribution is 0.272. The number of hydrogen-bond acceptors (Lipinski definition) is 2. The van der Waals surface area contributed by atoms with Crippen molar-refractivity contribution in [1.82, 2.24) is 4.90 Å². The van der Waals surface area contributed by atoms with Crippen LogP contribution in [-0.2, 0) is 6.54 Å². The molecule has 1 aromatic rings. The summed E-state index contributed by atoms with van der Waals surface area (Å²) < 4.78 is 0. The smallest absolute Gasteiger partial charge is 0.0236 e. The van der Waals surface area contributed by atoms with Crippen LogP contribution < -0.4 is 5.73 Å². The number of hydrogen-bond donors (Lipinski definition) is 1. The van der Waals surface area contributed by atoms with Crippen LogP contribution >= 0.6 is 0 Å². The fourth-order valence-corrected chi connectivity index (χ4v) is 2.70. The molecule has 1 unspecified atom stereocenters. The number of benzene rings is 1. The lowest BCUT2D eigenvalue weighted by Gasteiger charge is -2.23. The molecule has 0 heterocycles. The van der Waals surface area contributed by atoms with Gasteiger partial charge in [0.1, 0.15) is 0 Å². The van der Waals surface area contributed by atoms with Crippen LogP contribution in [0.5, 0.6) is 0 Å². The van der Waals surface area contributed by atoms with Crippen LogP contribution in [0.2, 0.25) is 0 Å². The molecule has 1 rings (SSSR count). The van der Waals surface area contributed by atoms with E-state index >= 15 is 0 Å². The maximum Gasteiger partial charge on any atom is 0.0236 e. The van der Waals surface area contributed by atoms with Crippen LogP contribution in [0.1, 0.15) is 35.6 Å². The van der Waals surface area contributed by atoms with Gasteiger partial charge in [0, 0.05) is 13.1 Å². The Morgan fingerprint density at radius 1 is 1.17 bits per heavy atom. The Labute approximate surface area is 112 Å². The van der Waals surface area contributed by atoms with Crippen molar-refractivity contribution in [1.29, 1.82) is 0 Å². The summed E-state index contributed by atoms with van der Waals surface area (Å²) in [4.78, 5) is 2.41. The van der Waals surface area contributed by atoms with Crippen LogP contribution in [0.25, 0.3) is 0 Å². The standard InChI is InChI=1S/C16H28N2/c1-12(6-7-17)10-18(5)11-16-14(3)8-13(2)9-15(16)4/h8-9,12H,6-7,10-11,17H2,1-5H3. The molecular weight excluding hydrogens is 220 g/mol. The van der Waals surface area contributed by atoms with Gasteiger partial charge in [-0.15, -0.1) is 0 Å². The normalized spacial score (nSPS) is 13.1. The molecular formula is C16H28N2. The van der Waals surface area contributed by atoms with Crippen molar-refractivity contribution in [3.05, 3.63) is 34.4 Å². The zero-order valence-electron chi connectivity index (χ0n) is 12.6. The van der Waals surface area contributed by atoms with Gasteiger partial charge in [0.05, 0.1) is 0 Å². The summed E-state index contributed by atoms with van der Waals surface area (Å²) in [7, 11) is 2.20. The van der Waals surface area contributed by atoms with Gasteiger partial charge in [-0.2, -0.15) is 0 Å². The van der Waals surface area contributed by atoms with Gasteiger partial charge >= 0.3 is 0 Å². The predicted octanol–water partition coefficient (Wildman–Crippen LogP) is 3.03. The molecule has 18 heavy (non-hydrogen) atoms. The van der Waals surface area contributed by atoms with Gasteiger partial charge in [-0.3, -0.25) is 0 Å². The SMILES string of the molecule is Cc1cc(C)c(CN(C)CC(C)CCN)c(C)c1. The number of nitrogens with two attached hydrogens (primary N) is 1. The van der Waals surface area contributed by atoms with Gasteiger partial charge in [-0.1, -0.05) is 24.6 Å². The molecule has 0 aliphatic rings. The second-order valence-electron chi connectivity index (χ2n) is 5.76. The minimum absolute atomic E-state index is 0.672. The van der Waals surface area contributed by atoms with Crippen LogP contribution in [0.15, 0.2) is 12.1 Å². The van der Waals surface area contributed by atoms with Crippen molar-refractivity contribution < 1.29 is 0 Å². The molecule has 0 aliphatic carbocycles. The van der Waals surface area contributed by atoms with E-state index in [0.29, 0.717) is 5.92 Å². The van der Waals surface area contributed by atoms with E-state index in [4.69, 9.17) is 5.73 Å². The zero-order valence-corrected chi connectivity index (χ0v) is 12.6. The molecule has 2 N–H and O–H groups in total. The lowest BCUT2D eigenvalue weighted by atomic mass is 9.99. The van der Waals surface area contributed by atoms with Crippen molar-refractivity contribution in [2.45, 2.75) is 40.7 Å². The first-order valence-electron chi connectivity index (χ1n) is 6.89. The second kappa shape index (κ2) is 6.91. The van der Waals surface area contributed by atoms with E-state index in [1.165, 1.54) is 22.3 Å². The van der Waals surface area contributed by atoms with E-state index in [1.54, 1.807) is 0 Å². The molecule has 1 atom stereocenters. The minimum Gasteiger partial charge on any atom is -0.330 e. The summed E-state index contributed by atoms with van der Waals surface area (Å²) in [6, 6.07) is 4.55. The molecule has 0 saturated heterocycles. The minimum atomic E-state index is 0.672. The van der Waals surface area contributed by atoms with Crippen LogP contribution in [0, 0.1) is 26.7 Å². The largest absolute Gasteiger partial charge is 0.330 e. The van der Waals surface area contributed by atoms with Crippen molar-refractivity contribution >= 4 is 0 Å². The highest BCUT2D eigenvalue weighted by Crippen LogP contribution is 2.18. The van der Waals surface area contributed by atoms with Gasteiger partial charge in [-0.25, -0.2) is 0 Å². The molecule has 2 heteroatoms. The third-order valence-corrected chi connectivity index (χ3v) is 3.55. The molecule has 0 aliphatic heterocycles. The second-order valence-corrected chi connectivity index (χ2v) is 5.76. The van der Waals surface area contributed by atoms with Crippen molar-refractivity contribution in [3.8, 4) is 0 Å². The summed E-state index contributed by atoms with van der Waals surface area (Å²) >= 11 is 0. The van der Waals surface area contributed by atoms with Crippen LogP contribution in [0.4, 0.5) is 0 Å². The molecule has 0 amide bonds. The third-order valence-electron chi connectivity index (χ3n) is 3.55. The molecule has 2 nitrogen and oxygen atoms in total. The number of rotatable bonds is 6. The average Bonchev–Trinajstić information content (AvgIpc) is 2.23. The summed E-state index contributed by atoms with van der Waals surface area (Å²) in [6.45, 7) is 11.8. The van der Waals surface area contributed by atoms with E-state index in [1.807, 2.05) is 0 Å². The van der Waals surface area contributed by atoms with E-state index in [-0.39, 0.29) is 0 Å². The fourth-order valence-electron chi connectivity index (χ4n) is 2.70. The Balaban J connectivity index is 2.67. The van der Waals surface area contributed by atoms with Crippen LogP contribution in [0.3, 0.4) is 0 Å². The Kier molecular flexibility index (Phi) is 5.83. The first-order chi connectivity index (χ1) is 8.43. The Morgan fingerprint density at radius 2 is 1.72 bits per heavy atom. The van der Waals surface area contributed by atoms with Gasteiger partial charge in [0.2, 0.25) is 0 Å². The lowest BCUT2D eigenvalue weighted by Crippen LogP contribution is -2.26. The molecule has 0 bridgehead atoms. The molecule has 0 spiro atoms. The fraction of sp³-hybridized carbons (Fsp3) is 0.625. The first kappa shape index (κ1) is 15.2. The number of nitrogens with zero attached hydrogens (tertiary/aromatic N) is 1. The van der Waals surface area contributed by atoms with Gasteiger partial charge in [0.15, 0.2) is 0 Å². The van der Waals surface area contributed by atoms with Gasteiger partial charge in [-0.05, 0) is 63.4 Å². The van der Waals surface area contributed by atoms with Crippen molar-refractivity contribution in [3.63, 3.8) is 0 Å². The average molecular weight is 248 g/mol. The maximum absolute atomic E-state index is 5.60. The van der Waals surface area contributed by atoms with E-state index in [0.717, 1.165) is 26.1 Å². The van der Waals surface area contributed by atoms with Gasteiger partial charge in [0.25, 0.3) is 0 Å². The highest BCUT2D eigenvalue weighted by molar-refractivity contribution is 5.37. The maximum atomic E-state index is 5.60. The molecule has 0 radical (unpaired) electrons. The van der Waals surface area contributed by atoms with Gasteiger partial charge < -0.3 is 10.6 Å². The summed E-state index contributed by atoms with van der Waals surface area (Å²) in [5.41, 5.74) is 11.3.